The van der Waals surface area contributed by atoms with Crippen molar-refractivity contribution in [3.8, 4) is 0 Å². The van der Waals surface area contributed by atoms with E-state index in [0.717, 1.165) is 28.7 Å². The van der Waals surface area contributed by atoms with Crippen molar-refractivity contribution in [2.45, 2.75) is 30.3 Å². The Hall–Kier alpha value is -1.34. The molecule has 1 aliphatic carbocycles. The highest BCUT2D eigenvalue weighted by molar-refractivity contribution is 9.10. The minimum absolute atomic E-state index is 0.275. The van der Waals surface area contributed by atoms with Gasteiger partial charge in [0.2, 0.25) is 0 Å². The summed E-state index contributed by atoms with van der Waals surface area (Å²) in [6.45, 7) is 2.19. The molecule has 0 unspecified atom stereocenters. The molecule has 1 aromatic heterocycles. The van der Waals surface area contributed by atoms with E-state index in [4.69, 9.17) is 0 Å². The van der Waals surface area contributed by atoms with Crippen LogP contribution < -0.4 is 0 Å². The number of thiol groups is 1. The standard InChI is InChI=1S/C15H16BrN3O2S/c1-8-6-15(7-8,13-17-18-14(22)19(13)2)10-3-9(12(20)21)4-11(16)5-10/h3-5,8H,6-7H2,1-2H3,(H,18,22)(H,20,21). The molecular weight excluding hydrogens is 366 g/mol. The molecular formula is C15H16BrN3O2S. The molecule has 0 atom stereocenters. The number of aromatic nitrogens is 3. The van der Waals surface area contributed by atoms with Crippen LogP contribution in [0.25, 0.3) is 0 Å². The van der Waals surface area contributed by atoms with Gasteiger partial charge in [0.05, 0.1) is 11.0 Å². The maximum atomic E-state index is 11.3. The molecule has 5 nitrogen and oxygen atoms in total. The summed E-state index contributed by atoms with van der Waals surface area (Å²) in [4.78, 5) is 11.3. The minimum atomic E-state index is -0.932. The maximum absolute atomic E-state index is 11.3. The van der Waals surface area contributed by atoms with Gasteiger partial charge in [-0.15, -0.1) is 22.8 Å². The molecule has 1 heterocycles. The Labute approximate surface area is 142 Å². The van der Waals surface area contributed by atoms with E-state index >= 15 is 0 Å². The Morgan fingerprint density at radius 3 is 2.59 bits per heavy atom. The minimum Gasteiger partial charge on any atom is -0.478 e. The van der Waals surface area contributed by atoms with Crippen molar-refractivity contribution in [3.05, 3.63) is 39.6 Å². The number of carbonyl (C=O) groups is 1. The van der Waals surface area contributed by atoms with E-state index in [1.54, 1.807) is 12.1 Å². The number of halogens is 1. The summed E-state index contributed by atoms with van der Waals surface area (Å²) in [6, 6.07) is 5.33. The van der Waals surface area contributed by atoms with Crippen molar-refractivity contribution < 1.29 is 9.90 Å². The van der Waals surface area contributed by atoms with Crippen LogP contribution in [0.15, 0.2) is 27.8 Å². The van der Waals surface area contributed by atoms with Crippen molar-refractivity contribution >= 4 is 34.5 Å². The first-order chi connectivity index (χ1) is 10.3. The van der Waals surface area contributed by atoms with Crippen molar-refractivity contribution in [2.24, 2.45) is 13.0 Å². The van der Waals surface area contributed by atoms with E-state index in [2.05, 4.69) is 45.7 Å². The fourth-order valence-electron chi connectivity index (χ4n) is 3.40. The van der Waals surface area contributed by atoms with Crippen molar-refractivity contribution in [1.29, 1.82) is 0 Å². The van der Waals surface area contributed by atoms with Crippen LogP contribution in [0, 0.1) is 5.92 Å². The van der Waals surface area contributed by atoms with Crippen LogP contribution in [0.2, 0.25) is 0 Å². The smallest absolute Gasteiger partial charge is 0.335 e. The van der Waals surface area contributed by atoms with Gasteiger partial charge in [-0.1, -0.05) is 22.9 Å². The molecule has 1 aromatic carbocycles. The zero-order valence-corrected chi connectivity index (χ0v) is 14.7. The van der Waals surface area contributed by atoms with E-state index < -0.39 is 5.97 Å². The average molecular weight is 382 g/mol. The highest BCUT2D eigenvalue weighted by Gasteiger charge is 2.48. The first-order valence-electron chi connectivity index (χ1n) is 6.96. The first-order valence-corrected chi connectivity index (χ1v) is 8.21. The lowest BCUT2D eigenvalue weighted by molar-refractivity contribution is 0.0696. The van der Waals surface area contributed by atoms with Crippen LogP contribution in [0.3, 0.4) is 0 Å². The molecule has 0 radical (unpaired) electrons. The van der Waals surface area contributed by atoms with E-state index in [9.17, 15) is 9.90 Å². The molecule has 0 amide bonds. The Bertz CT molecular complexity index is 753. The normalized spacial score (nSPS) is 24.1. The summed E-state index contributed by atoms with van der Waals surface area (Å²) in [5, 5.41) is 18.2. The largest absolute Gasteiger partial charge is 0.478 e. The predicted octanol–water partition coefficient (Wildman–Crippen LogP) is 3.28. The zero-order chi connectivity index (χ0) is 16.1. The number of carboxylic acids is 1. The SMILES string of the molecule is CC1CC(c2cc(Br)cc(C(=O)O)c2)(c2nnc(S)n2C)C1. The summed E-state index contributed by atoms with van der Waals surface area (Å²) in [5.74, 6) is 0.468. The third-order valence-corrected chi connectivity index (χ3v) is 5.22. The molecule has 0 spiro atoms. The molecule has 116 valence electrons. The van der Waals surface area contributed by atoms with E-state index in [1.807, 2.05) is 17.7 Å². The highest BCUT2D eigenvalue weighted by atomic mass is 79.9. The summed E-state index contributed by atoms with van der Waals surface area (Å²) >= 11 is 7.72. The number of carboxylic acid groups (broad SMARTS) is 1. The Morgan fingerprint density at radius 1 is 1.41 bits per heavy atom. The van der Waals surface area contributed by atoms with Gasteiger partial charge in [0.15, 0.2) is 5.16 Å². The molecule has 3 rings (SSSR count). The van der Waals surface area contributed by atoms with Crippen LogP contribution in [-0.4, -0.2) is 25.8 Å². The van der Waals surface area contributed by atoms with Crippen LogP contribution in [0.4, 0.5) is 0 Å². The second-order valence-electron chi connectivity index (χ2n) is 6.01. The predicted molar refractivity (Wildman–Crippen MR) is 88.5 cm³/mol. The highest BCUT2D eigenvalue weighted by Crippen LogP contribution is 2.52. The first kappa shape index (κ1) is 15.6. The molecule has 1 aliphatic rings. The molecule has 1 N–H and O–H groups in total. The molecule has 1 saturated carbocycles. The van der Waals surface area contributed by atoms with Crippen LogP contribution in [0.5, 0.6) is 0 Å². The number of rotatable bonds is 3. The lowest BCUT2D eigenvalue weighted by Crippen LogP contribution is -2.43. The molecule has 22 heavy (non-hydrogen) atoms. The molecule has 2 aromatic rings. The third kappa shape index (κ3) is 2.36. The Balaban J connectivity index is 2.17. The van der Waals surface area contributed by atoms with Gasteiger partial charge in [-0.05, 0) is 42.5 Å². The quantitative estimate of drug-likeness (QED) is 0.800. The van der Waals surface area contributed by atoms with Gasteiger partial charge in [0.25, 0.3) is 0 Å². The van der Waals surface area contributed by atoms with Gasteiger partial charge in [0.1, 0.15) is 5.82 Å². The summed E-state index contributed by atoms with van der Waals surface area (Å²) < 4.78 is 2.63. The Morgan fingerprint density at radius 2 is 2.09 bits per heavy atom. The van der Waals surface area contributed by atoms with Gasteiger partial charge in [-0.3, -0.25) is 0 Å². The monoisotopic (exact) mass is 381 g/mol. The van der Waals surface area contributed by atoms with Gasteiger partial charge >= 0.3 is 5.97 Å². The van der Waals surface area contributed by atoms with Gasteiger partial charge < -0.3 is 9.67 Å². The molecule has 0 aliphatic heterocycles. The van der Waals surface area contributed by atoms with Gasteiger partial charge in [0, 0.05) is 11.5 Å². The number of nitrogens with zero attached hydrogens (tertiary/aromatic N) is 3. The van der Waals surface area contributed by atoms with E-state index in [-0.39, 0.29) is 11.0 Å². The zero-order valence-electron chi connectivity index (χ0n) is 12.2. The molecule has 1 fully saturated rings. The fourth-order valence-corrected chi connectivity index (χ4v) is 4.04. The summed E-state index contributed by atoms with van der Waals surface area (Å²) in [7, 11) is 1.89. The lowest BCUT2D eigenvalue weighted by Gasteiger charge is -2.46. The number of aromatic carboxylic acids is 1. The molecule has 0 bridgehead atoms. The van der Waals surface area contributed by atoms with Crippen LogP contribution >= 0.6 is 28.6 Å². The van der Waals surface area contributed by atoms with Crippen molar-refractivity contribution in [2.75, 3.05) is 0 Å². The van der Waals surface area contributed by atoms with E-state index in [1.165, 1.54) is 0 Å². The topological polar surface area (TPSA) is 68.0 Å². The fraction of sp³-hybridized carbons (Fsp3) is 0.400. The molecule has 0 saturated heterocycles. The summed E-state index contributed by atoms with van der Waals surface area (Å²) in [6.07, 6.45) is 1.84. The second-order valence-corrected chi connectivity index (χ2v) is 7.33. The number of hydrogen-bond acceptors (Lipinski definition) is 4. The van der Waals surface area contributed by atoms with Crippen molar-refractivity contribution in [1.82, 2.24) is 14.8 Å². The summed E-state index contributed by atoms with van der Waals surface area (Å²) in [5.41, 5.74) is 0.939. The van der Waals surface area contributed by atoms with E-state index in [0.29, 0.717) is 11.1 Å². The third-order valence-electron chi connectivity index (χ3n) is 4.37. The Kier molecular flexibility index (Phi) is 3.81. The number of hydrogen-bond donors (Lipinski definition) is 2. The van der Waals surface area contributed by atoms with Gasteiger partial charge in [-0.2, -0.15) is 0 Å². The van der Waals surface area contributed by atoms with Crippen LogP contribution in [-0.2, 0) is 12.5 Å². The van der Waals surface area contributed by atoms with Gasteiger partial charge in [-0.25, -0.2) is 4.79 Å². The maximum Gasteiger partial charge on any atom is 0.335 e. The second kappa shape index (κ2) is 5.38. The average Bonchev–Trinajstić information content (AvgIpc) is 2.75. The molecule has 7 heteroatoms. The van der Waals surface area contributed by atoms with Crippen molar-refractivity contribution in [3.63, 3.8) is 0 Å². The van der Waals surface area contributed by atoms with Crippen LogP contribution in [0.1, 0.15) is 41.5 Å². The lowest BCUT2D eigenvalue weighted by atomic mass is 9.58. The number of benzene rings is 1.